The predicted octanol–water partition coefficient (Wildman–Crippen LogP) is 9.31. The van der Waals surface area contributed by atoms with Crippen LogP contribution in [0.1, 0.15) is 70.9 Å². The molecule has 0 aliphatic rings. The number of benzene rings is 2. The fourth-order valence-electron chi connectivity index (χ4n) is 3.62. The number of methoxy groups -OCH3 is 1. The third-order valence-electron chi connectivity index (χ3n) is 5.83. The van der Waals surface area contributed by atoms with Crippen LogP contribution in [0.15, 0.2) is 84.0 Å². The number of nitrogens with one attached hydrogen (secondary N) is 1. The van der Waals surface area contributed by atoms with Crippen LogP contribution >= 0.6 is 11.6 Å². The minimum Gasteiger partial charge on any atom is -0.497 e. The Morgan fingerprint density at radius 3 is 2.16 bits per heavy atom. The fraction of sp³-hybridized carbons (Fsp3) is 0.379. The molecule has 0 heterocycles. The Labute approximate surface area is 200 Å². The first-order valence-electron chi connectivity index (χ1n) is 11.7. The molecule has 0 aromatic heterocycles. The summed E-state index contributed by atoms with van der Waals surface area (Å²) >= 11 is 6.09. The molecule has 32 heavy (non-hydrogen) atoms. The zero-order valence-electron chi connectivity index (χ0n) is 20.0. The van der Waals surface area contributed by atoms with Gasteiger partial charge in [0.1, 0.15) is 5.75 Å². The summed E-state index contributed by atoms with van der Waals surface area (Å²) in [6, 6.07) is 16.3. The topological polar surface area (TPSA) is 21.3 Å². The van der Waals surface area contributed by atoms with Crippen LogP contribution in [0.4, 0.5) is 5.69 Å². The average molecular weight is 452 g/mol. The summed E-state index contributed by atoms with van der Waals surface area (Å²) < 4.78 is 5.27. The molecule has 0 fully saturated rings. The normalized spacial score (nSPS) is 13.4. The van der Waals surface area contributed by atoms with Crippen molar-refractivity contribution in [2.24, 2.45) is 0 Å². The molecular weight excluding hydrogens is 414 g/mol. The van der Waals surface area contributed by atoms with Crippen molar-refractivity contribution in [3.8, 4) is 5.75 Å². The van der Waals surface area contributed by atoms with E-state index in [4.69, 9.17) is 16.3 Å². The van der Waals surface area contributed by atoms with E-state index in [2.05, 4.69) is 74.7 Å². The third kappa shape index (κ3) is 8.96. The third-order valence-corrected chi connectivity index (χ3v) is 6.09. The van der Waals surface area contributed by atoms with Crippen molar-refractivity contribution in [1.29, 1.82) is 0 Å². The second-order valence-electron chi connectivity index (χ2n) is 8.03. The molecule has 0 bridgehead atoms. The zero-order valence-corrected chi connectivity index (χ0v) is 20.8. The van der Waals surface area contributed by atoms with Gasteiger partial charge in [0.2, 0.25) is 0 Å². The molecule has 0 aliphatic carbocycles. The van der Waals surface area contributed by atoms with Gasteiger partial charge in [0.15, 0.2) is 0 Å². The number of anilines is 1. The molecule has 2 rings (SSSR count). The van der Waals surface area contributed by atoms with Gasteiger partial charge in [0, 0.05) is 10.7 Å². The highest BCUT2D eigenvalue weighted by Gasteiger charge is 2.10. The summed E-state index contributed by atoms with van der Waals surface area (Å²) in [7, 11) is 1.69. The van der Waals surface area contributed by atoms with Gasteiger partial charge in [-0.2, -0.15) is 0 Å². The predicted molar refractivity (Wildman–Crippen MR) is 141 cm³/mol. The largest absolute Gasteiger partial charge is 0.497 e. The molecule has 1 N–H and O–H groups in total. The first-order valence-corrected chi connectivity index (χ1v) is 12.1. The van der Waals surface area contributed by atoms with Gasteiger partial charge in [0.05, 0.1) is 13.2 Å². The number of hydrogen-bond donors (Lipinski definition) is 1. The van der Waals surface area contributed by atoms with Gasteiger partial charge in [-0.3, -0.25) is 0 Å². The maximum absolute atomic E-state index is 6.09. The molecule has 0 spiro atoms. The van der Waals surface area contributed by atoms with Crippen molar-refractivity contribution in [1.82, 2.24) is 0 Å². The summed E-state index contributed by atoms with van der Waals surface area (Å²) in [5.41, 5.74) is 5.41. The van der Waals surface area contributed by atoms with E-state index >= 15 is 0 Å². The highest BCUT2D eigenvalue weighted by Crippen LogP contribution is 2.26. The minimum atomic E-state index is 0.182. The van der Waals surface area contributed by atoms with Crippen LogP contribution in [0.5, 0.6) is 5.75 Å². The maximum Gasteiger partial charge on any atom is 0.119 e. The number of allylic oxidation sites excluding steroid dienone is 5. The lowest BCUT2D eigenvalue weighted by molar-refractivity contribution is 0.415. The van der Waals surface area contributed by atoms with Gasteiger partial charge in [-0.15, -0.1) is 0 Å². The Balaban J connectivity index is 1.91. The van der Waals surface area contributed by atoms with E-state index in [9.17, 15) is 0 Å². The summed E-state index contributed by atoms with van der Waals surface area (Å²) in [6.07, 6.45) is 15.7. The number of hydrogen-bond acceptors (Lipinski definition) is 2. The van der Waals surface area contributed by atoms with E-state index in [1.807, 2.05) is 24.3 Å². The summed E-state index contributed by atoms with van der Waals surface area (Å²) in [6.45, 7) is 6.74. The van der Waals surface area contributed by atoms with Crippen LogP contribution in [0, 0.1) is 0 Å². The first kappa shape index (κ1) is 25.8. The highest BCUT2D eigenvalue weighted by atomic mass is 35.5. The average Bonchev–Trinajstić information content (AvgIpc) is 2.83. The molecule has 1 unspecified atom stereocenters. The lowest BCUT2D eigenvalue weighted by atomic mass is 10.0. The standard InChI is InChI=1S/C29H38ClNO/c1-5-23(3)24(6-2)13-11-9-7-8-10-12-14-29(25-15-17-26(30)18-16-25)31-27-19-21-28(32-4)22-20-27/h9-12,15-22,29,31H,5-8,13-14H2,1-4H3/b11-9+,12-10+,24-23+. The molecular formula is C29H38ClNO. The molecule has 172 valence electrons. The van der Waals surface area contributed by atoms with Gasteiger partial charge in [-0.05, 0) is 87.4 Å². The van der Waals surface area contributed by atoms with Gasteiger partial charge in [-0.1, -0.05) is 73.0 Å². The number of ether oxygens (including phenoxy) is 1. The van der Waals surface area contributed by atoms with Gasteiger partial charge >= 0.3 is 0 Å². The number of halogens is 1. The molecule has 0 aliphatic heterocycles. The van der Waals surface area contributed by atoms with E-state index in [1.165, 1.54) is 11.1 Å². The molecule has 3 heteroatoms. The van der Waals surface area contributed by atoms with Crippen molar-refractivity contribution in [2.75, 3.05) is 12.4 Å². The lowest BCUT2D eigenvalue weighted by Crippen LogP contribution is -2.10. The molecule has 0 radical (unpaired) electrons. The molecule has 0 saturated carbocycles. The van der Waals surface area contributed by atoms with Crippen LogP contribution < -0.4 is 10.1 Å². The maximum atomic E-state index is 6.09. The Bertz CT molecular complexity index is 878. The van der Waals surface area contributed by atoms with Crippen LogP contribution in [0.25, 0.3) is 0 Å². The number of unbranched alkanes of at least 4 members (excludes halogenated alkanes) is 1. The van der Waals surface area contributed by atoms with E-state index in [0.29, 0.717) is 0 Å². The van der Waals surface area contributed by atoms with Crippen LogP contribution in [-0.4, -0.2) is 7.11 Å². The van der Waals surface area contributed by atoms with Gasteiger partial charge < -0.3 is 10.1 Å². The van der Waals surface area contributed by atoms with Crippen LogP contribution in [-0.2, 0) is 0 Å². The quantitative estimate of drug-likeness (QED) is 0.242. The van der Waals surface area contributed by atoms with Crippen molar-refractivity contribution in [3.63, 3.8) is 0 Å². The SMILES string of the molecule is CC/C(C)=C(\CC)C/C=C/CC/C=C/CC(Nc1ccc(OC)cc1)c1ccc(Cl)cc1. The Morgan fingerprint density at radius 2 is 1.56 bits per heavy atom. The second-order valence-corrected chi connectivity index (χ2v) is 8.46. The van der Waals surface area contributed by atoms with Crippen molar-refractivity contribution in [3.05, 3.63) is 94.6 Å². The van der Waals surface area contributed by atoms with Gasteiger partial charge in [-0.25, -0.2) is 0 Å². The molecule has 0 amide bonds. The van der Waals surface area contributed by atoms with Crippen molar-refractivity contribution in [2.45, 2.75) is 65.3 Å². The molecule has 2 nitrogen and oxygen atoms in total. The minimum absolute atomic E-state index is 0.182. The van der Waals surface area contributed by atoms with Gasteiger partial charge in [0.25, 0.3) is 0 Å². The van der Waals surface area contributed by atoms with Crippen LogP contribution in [0.2, 0.25) is 5.02 Å². The Morgan fingerprint density at radius 1 is 0.906 bits per heavy atom. The Hall–Kier alpha value is -2.45. The molecule has 0 saturated heterocycles. The van der Waals surface area contributed by atoms with E-state index < -0.39 is 0 Å². The number of rotatable bonds is 13. The zero-order chi connectivity index (χ0) is 23.2. The Kier molecular flexibility index (Phi) is 11.8. The lowest BCUT2D eigenvalue weighted by Gasteiger charge is -2.19. The van der Waals surface area contributed by atoms with Crippen molar-refractivity contribution < 1.29 is 4.74 Å². The fourth-order valence-corrected chi connectivity index (χ4v) is 3.74. The molecule has 1 atom stereocenters. The summed E-state index contributed by atoms with van der Waals surface area (Å²) in [5.74, 6) is 0.859. The second kappa shape index (κ2) is 14.6. The van der Waals surface area contributed by atoms with E-state index in [-0.39, 0.29) is 6.04 Å². The molecule has 2 aromatic carbocycles. The van der Waals surface area contributed by atoms with E-state index in [0.717, 1.165) is 55.0 Å². The molecule has 2 aromatic rings. The van der Waals surface area contributed by atoms with Crippen molar-refractivity contribution >= 4 is 17.3 Å². The highest BCUT2D eigenvalue weighted by molar-refractivity contribution is 6.30. The van der Waals surface area contributed by atoms with Crippen LogP contribution in [0.3, 0.4) is 0 Å². The monoisotopic (exact) mass is 451 g/mol. The summed E-state index contributed by atoms with van der Waals surface area (Å²) in [4.78, 5) is 0. The first-order chi connectivity index (χ1) is 15.6. The smallest absolute Gasteiger partial charge is 0.119 e. The van der Waals surface area contributed by atoms with E-state index in [1.54, 1.807) is 12.7 Å². The summed E-state index contributed by atoms with van der Waals surface area (Å²) in [5, 5.41) is 4.40.